The fraction of sp³-hybridized carbons (Fsp3) is 0.733. The van der Waals surface area contributed by atoms with Crippen LogP contribution in [0.2, 0.25) is 0 Å². The zero-order valence-electron chi connectivity index (χ0n) is 20.7. The lowest BCUT2D eigenvalue weighted by molar-refractivity contribution is -0.0526. The third-order valence-electron chi connectivity index (χ3n) is 9.52. The lowest BCUT2D eigenvalue weighted by atomic mass is 9.60. The first-order valence-electron chi connectivity index (χ1n) is 13.5. The predicted octanol–water partition coefficient (Wildman–Crippen LogP) is 7.18. The van der Waals surface area contributed by atoms with Gasteiger partial charge in [0.05, 0.1) is 12.2 Å². The number of allylic oxidation sites excluding steroid dienone is 6. The molecule has 0 amide bonds. The highest BCUT2D eigenvalue weighted by molar-refractivity contribution is 5.46. The first kappa shape index (κ1) is 21.4. The number of hydrogen-bond donors (Lipinski definition) is 0. The molecule has 0 spiro atoms. The van der Waals surface area contributed by atoms with Crippen LogP contribution in [0.4, 0.5) is 0 Å². The van der Waals surface area contributed by atoms with Gasteiger partial charge in [0, 0.05) is 13.2 Å². The van der Waals surface area contributed by atoms with Crippen LogP contribution in [0.25, 0.3) is 0 Å². The summed E-state index contributed by atoms with van der Waals surface area (Å²) in [5, 5.41) is 0. The molecule has 2 heterocycles. The van der Waals surface area contributed by atoms with E-state index < -0.39 is 0 Å². The molecule has 2 saturated heterocycles. The van der Waals surface area contributed by atoms with E-state index in [1.807, 2.05) is 0 Å². The average Bonchev–Trinajstić information content (AvgIpc) is 2.77. The highest BCUT2D eigenvalue weighted by atomic mass is 16.5. The van der Waals surface area contributed by atoms with Gasteiger partial charge in [-0.05, 0) is 123 Å². The van der Waals surface area contributed by atoms with Gasteiger partial charge < -0.3 is 9.47 Å². The first-order valence-corrected chi connectivity index (χ1v) is 13.5. The minimum absolute atomic E-state index is 0.367. The molecule has 8 atom stereocenters. The summed E-state index contributed by atoms with van der Waals surface area (Å²) in [5.74, 6) is 4.09. The summed E-state index contributed by atoms with van der Waals surface area (Å²) in [4.78, 5) is 0. The molecule has 0 aromatic rings. The van der Waals surface area contributed by atoms with Crippen molar-refractivity contribution >= 4 is 0 Å². The van der Waals surface area contributed by atoms with E-state index in [0.29, 0.717) is 35.9 Å². The Balaban J connectivity index is 1.40. The Kier molecular flexibility index (Phi) is 5.54. The average molecular weight is 435 g/mol. The third kappa shape index (κ3) is 3.61. The molecule has 32 heavy (non-hydrogen) atoms. The molecule has 6 aliphatic rings. The summed E-state index contributed by atoms with van der Waals surface area (Å²) in [6.07, 6.45) is 16.1. The maximum Gasteiger partial charge on any atom is 0.0822 e. The van der Waals surface area contributed by atoms with Gasteiger partial charge in [0.1, 0.15) is 0 Å². The molecule has 0 aromatic carbocycles. The van der Waals surface area contributed by atoms with Gasteiger partial charge in [0.25, 0.3) is 0 Å². The van der Waals surface area contributed by atoms with Crippen LogP contribution < -0.4 is 0 Å². The van der Waals surface area contributed by atoms with Crippen molar-refractivity contribution in [3.63, 3.8) is 0 Å². The van der Waals surface area contributed by atoms with E-state index in [4.69, 9.17) is 9.47 Å². The van der Waals surface area contributed by atoms with E-state index in [2.05, 4.69) is 39.8 Å². The number of hydrogen-bond acceptors (Lipinski definition) is 2. The molecule has 0 saturated carbocycles. The Morgan fingerprint density at radius 1 is 0.688 bits per heavy atom. The van der Waals surface area contributed by atoms with Crippen molar-refractivity contribution in [3.8, 4) is 0 Å². The van der Waals surface area contributed by atoms with Gasteiger partial charge in [-0.15, -0.1) is 0 Å². The number of ether oxygens (including phenoxy) is 2. The largest absolute Gasteiger partial charge is 0.373 e. The van der Waals surface area contributed by atoms with Crippen molar-refractivity contribution in [1.82, 2.24) is 0 Å². The summed E-state index contributed by atoms with van der Waals surface area (Å²) < 4.78 is 13.3. The van der Waals surface area contributed by atoms with Crippen molar-refractivity contribution < 1.29 is 9.47 Å². The Morgan fingerprint density at radius 2 is 1.12 bits per heavy atom. The Bertz CT molecular complexity index is 828. The van der Waals surface area contributed by atoms with Gasteiger partial charge in [-0.1, -0.05) is 37.1 Å². The summed E-state index contributed by atoms with van der Waals surface area (Å²) in [7, 11) is 0. The van der Waals surface area contributed by atoms with Gasteiger partial charge in [-0.2, -0.15) is 0 Å². The molecular formula is C30H42O2. The zero-order chi connectivity index (χ0) is 22.0. The van der Waals surface area contributed by atoms with Crippen molar-refractivity contribution in [2.45, 2.75) is 91.3 Å². The summed E-state index contributed by atoms with van der Waals surface area (Å²) >= 11 is 0. The van der Waals surface area contributed by atoms with E-state index in [9.17, 15) is 0 Å². The molecule has 2 fully saturated rings. The fourth-order valence-electron chi connectivity index (χ4n) is 8.34. The number of fused-ring (bicyclic) bond motifs is 4. The molecule has 0 bridgehead atoms. The Hall–Kier alpha value is -1.12. The lowest BCUT2D eigenvalue weighted by Crippen LogP contribution is -2.45. The maximum atomic E-state index is 6.65. The van der Waals surface area contributed by atoms with E-state index >= 15 is 0 Å². The van der Waals surface area contributed by atoms with E-state index in [1.165, 1.54) is 51.4 Å². The molecule has 174 valence electrons. The van der Waals surface area contributed by atoms with Crippen molar-refractivity contribution in [1.29, 1.82) is 0 Å². The van der Waals surface area contributed by atoms with Crippen LogP contribution in [-0.4, -0.2) is 25.4 Å². The minimum atomic E-state index is 0.367. The Morgan fingerprint density at radius 3 is 1.56 bits per heavy atom. The third-order valence-corrected chi connectivity index (χ3v) is 9.52. The monoisotopic (exact) mass is 434 g/mol. The molecule has 2 nitrogen and oxygen atoms in total. The van der Waals surface area contributed by atoms with Crippen molar-refractivity contribution in [2.75, 3.05) is 13.2 Å². The quantitative estimate of drug-likeness (QED) is 0.435. The molecule has 4 aliphatic carbocycles. The second-order valence-corrected chi connectivity index (χ2v) is 12.4. The molecule has 0 N–H and O–H groups in total. The molecule has 2 aliphatic heterocycles. The van der Waals surface area contributed by atoms with E-state index in [-0.39, 0.29) is 0 Å². The van der Waals surface area contributed by atoms with Gasteiger partial charge in [-0.3, -0.25) is 0 Å². The van der Waals surface area contributed by atoms with Crippen LogP contribution in [0.5, 0.6) is 0 Å². The first-order chi connectivity index (χ1) is 15.5. The Labute approximate surface area is 195 Å². The SMILES string of the molecule is CC1=CC2=C(C3OCC(C)CC3CC2)C([C@H]2CC(C)=CC3=C2C2OCC(C)CC2CC3)C1. The molecule has 7 unspecified atom stereocenters. The summed E-state index contributed by atoms with van der Waals surface area (Å²) in [6.45, 7) is 11.4. The normalized spacial score (nSPS) is 44.1. The predicted molar refractivity (Wildman–Crippen MR) is 130 cm³/mol. The number of rotatable bonds is 1. The van der Waals surface area contributed by atoms with Gasteiger partial charge in [-0.25, -0.2) is 0 Å². The van der Waals surface area contributed by atoms with E-state index in [0.717, 1.165) is 25.0 Å². The molecular weight excluding hydrogens is 392 g/mol. The topological polar surface area (TPSA) is 18.5 Å². The van der Waals surface area contributed by atoms with Crippen LogP contribution in [0.15, 0.2) is 45.6 Å². The van der Waals surface area contributed by atoms with Crippen LogP contribution in [0, 0.1) is 35.5 Å². The summed E-state index contributed by atoms with van der Waals surface area (Å²) in [6, 6.07) is 0. The van der Waals surface area contributed by atoms with Crippen molar-refractivity contribution in [2.24, 2.45) is 35.5 Å². The molecule has 0 aromatic heterocycles. The molecule has 0 radical (unpaired) electrons. The molecule has 2 heteroatoms. The highest BCUT2D eigenvalue weighted by Crippen LogP contribution is 2.54. The van der Waals surface area contributed by atoms with Crippen LogP contribution in [0.1, 0.15) is 79.1 Å². The molecule has 6 rings (SSSR count). The summed E-state index contributed by atoms with van der Waals surface area (Å²) in [5.41, 5.74) is 9.84. The maximum absolute atomic E-state index is 6.65. The van der Waals surface area contributed by atoms with Crippen LogP contribution in [-0.2, 0) is 9.47 Å². The standard InChI is InChI=1S/C30H42O2/c1-17-9-21-5-7-23-11-19(3)15-31-29(23)27(21)25(13-17)26-14-18(2)10-22-6-8-24-12-20(4)16-32-30(24)28(22)26/h9-10,19-20,23-26,29-30H,5-8,11-16H2,1-4H3/t19?,20?,23?,24?,25-,26?,29?,30?/m1/s1. The van der Waals surface area contributed by atoms with Gasteiger partial charge in [0.2, 0.25) is 0 Å². The second-order valence-electron chi connectivity index (χ2n) is 12.4. The second kappa shape index (κ2) is 8.27. The zero-order valence-corrected chi connectivity index (χ0v) is 20.7. The lowest BCUT2D eigenvalue weighted by Gasteiger charge is -2.50. The van der Waals surface area contributed by atoms with E-state index in [1.54, 1.807) is 33.4 Å². The van der Waals surface area contributed by atoms with Crippen LogP contribution >= 0.6 is 0 Å². The van der Waals surface area contributed by atoms with Gasteiger partial charge in [0.15, 0.2) is 0 Å². The smallest absolute Gasteiger partial charge is 0.0822 e. The van der Waals surface area contributed by atoms with Crippen molar-refractivity contribution in [3.05, 3.63) is 45.6 Å². The van der Waals surface area contributed by atoms with Crippen LogP contribution in [0.3, 0.4) is 0 Å². The van der Waals surface area contributed by atoms with Gasteiger partial charge >= 0.3 is 0 Å². The fourth-order valence-corrected chi connectivity index (χ4v) is 8.34. The highest BCUT2D eigenvalue weighted by Gasteiger charge is 2.47. The minimum Gasteiger partial charge on any atom is -0.373 e.